The van der Waals surface area contributed by atoms with Crippen LogP contribution in [0.3, 0.4) is 0 Å². The second-order valence-electron chi connectivity index (χ2n) is 5.03. The minimum Gasteiger partial charge on any atom is -0.294 e. The van der Waals surface area contributed by atoms with Gasteiger partial charge in [-0.2, -0.15) is 0 Å². The van der Waals surface area contributed by atoms with E-state index in [4.69, 9.17) is 0 Å². The molecule has 0 unspecified atom stereocenters. The molecular formula is C17H16O. The van der Waals surface area contributed by atoms with Crippen molar-refractivity contribution >= 4 is 5.78 Å². The Labute approximate surface area is 107 Å². The average Bonchev–Trinajstić information content (AvgIpc) is 3.23. The Balaban J connectivity index is 2.00. The van der Waals surface area contributed by atoms with E-state index >= 15 is 0 Å². The zero-order chi connectivity index (χ0) is 12.5. The Bertz CT molecular complexity index is 594. The van der Waals surface area contributed by atoms with Gasteiger partial charge in [-0.15, -0.1) is 0 Å². The molecule has 1 aliphatic carbocycles. The summed E-state index contributed by atoms with van der Waals surface area (Å²) in [5, 5.41) is 0. The van der Waals surface area contributed by atoms with E-state index in [0.29, 0.717) is 5.78 Å². The average molecular weight is 236 g/mol. The maximum atomic E-state index is 12.1. The van der Waals surface area contributed by atoms with Gasteiger partial charge in [0.15, 0.2) is 5.78 Å². The van der Waals surface area contributed by atoms with Crippen LogP contribution in [0.15, 0.2) is 48.5 Å². The van der Waals surface area contributed by atoms with Gasteiger partial charge in [-0.3, -0.25) is 4.79 Å². The maximum Gasteiger partial charge on any atom is 0.165 e. The Kier molecular flexibility index (Phi) is 2.75. The van der Waals surface area contributed by atoms with Gasteiger partial charge in [0.1, 0.15) is 0 Å². The summed E-state index contributed by atoms with van der Waals surface area (Å²) in [7, 11) is 0. The summed E-state index contributed by atoms with van der Waals surface area (Å²) in [6.45, 7) is 2.10. The first-order valence-electron chi connectivity index (χ1n) is 6.46. The number of carbonyl (C=O) groups excluding carboxylic acids is 1. The molecular weight excluding hydrogens is 220 g/mol. The molecule has 1 heteroatoms. The van der Waals surface area contributed by atoms with Gasteiger partial charge in [-0.25, -0.2) is 0 Å². The van der Waals surface area contributed by atoms with E-state index in [1.165, 1.54) is 11.1 Å². The normalized spacial score (nSPS) is 14.5. The Morgan fingerprint density at radius 3 is 2.56 bits per heavy atom. The fourth-order valence-corrected chi connectivity index (χ4v) is 2.32. The Hall–Kier alpha value is -1.89. The van der Waals surface area contributed by atoms with Crippen LogP contribution >= 0.6 is 0 Å². The number of hydrogen-bond acceptors (Lipinski definition) is 1. The first-order valence-corrected chi connectivity index (χ1v) is 6.46. The minimum atomic E-state index is 0.289. The number of aryl methyl sites for hydroxylation is 1. The Morgan fingerprint density at radius 2 is 1.83 bits per heavy atom. The van der Waals surface area contributed by atoms with E-state index < -0.39 is 0 Å². The first kappa shape index (κ1) is 11.2. The quantitative estimate of drug-likeness (QED) is 0.728. The molecule has 2 aromatic rings. The van der Waals surface area contributed by atoms with Crippen LogP contribution < -0.4 is 0 Å². The lowest BCUT2D eigenvalue weighted by Gasteiger charge is -2.07. The molecule has 3 rings (SSSR count). The van der Waals surface area contributed by atoms with Crippen molar-refractivity contribution in [2.45, 2.75) is 19.8 Å². The Morgan fingerprint density at radius 1 is 1.06 bits per heavy atom. The standard InChI is InChI=1S/C17H16O/c1-12-5-2-3-8-16(12)14-6-4-7-15(11-14)17(18)13-9-10-13/h2-8,11,13H,9-10H2,1H3. The highest BCUT2D eigenvalue weighted by molar-refractivity contribution is 6.00. The molecule has 0 N–H and O–H groups in total. The van der Waals surface area contributed by atoms with E-state index in [1.807, 2.05) is 30.3 Å². The van der Waals surface area contributed by atoms with E-state index in [-0.39, 0.29) is 5.92 Å². The predicted molar refractivity (Wildman–Crippen MR) is 73.7 cm³/mol. The van der Waals surface area contributed by atoms with Crippen LogP contribution in [0.2, 0.25) is 0 Å². The van der Waals surface area contributed by atoms with Gasteiger partial charge in [0.2, 0.25) is 0 Å². The first-order chi connectivity index (χ1) is 8.75. The summed E-state index contributed by atoms with van der Waals surface area (Å²) in [6, 6.07) is 16.3. The van der Waals surface area contributed by atoms with Gasteiger partial charge in [0.05, 0.1) is 0 Å². The molecule has 0 spiro atoms. The molecule has 1 nitrogen and oxygen atoms in total. The molecule has 2 aromatic carbocycles. The highest BCUT2D eigenvalue weighted by atomic mass is 16.1. The fraction of sp³-hybridized carbons (Fsp3) is 0.235. The van der Waals surface area contributed by atoms with Gasteiger partial charge in [0.25, 0.3) is 0 Å². The molecule has 0 amide bonds. The van der Waals surface area contributed by atoms with Crippen molar-refractivity contribution in [3.05, 3.63) is 59.7 Å². The van der Waals surface area contributed by atoms with E-state index in [0.717, 1.165) is 24.0 Å². The number of rotatable bonds is 3. The summed E-state index contributed by atoms with van der Waals surface area (Å²) >= 11 is 0. The van der Waals surface area contributed by atoms with Crippen molar-refractivity contribution < 1.29 is 4.79 Å². The van der Waals surface area contributed by atoms with Gasteiger partial charge in [-0.1, -0.05) is 42.5 Å². The smallest absolute Gasteiger partial charge is 0.165 e. The number of Topliss-reactive ketones (excluding diaryl/α,β-unsaturated/α-hetero) is 1. The number of carbonyl (C=O) groups is 1. The lowest BCUT2D eigenvalue weighted by atomic mass is 9.97. The third-order valence-corrected chi connectivity index (χ3v) is 3.55. The lowest BCUT2D eigenvalue weighted by molar-refractivity contribution is 0.0967. The van der Waals surface area contributed by atoms with E-state index in [1.54, 1.807) is 0 Å². The molecule has 0 saturated heterocycles. The highest BCUT2D eigenvalue weighted by Gasteiger charge is 2.30. The van der Waals surface area contributed by atoms with Crippen LogP contribution in [0.1, 0.15) is 28.8 Å². The molecule has 0 bridgehead atoms. The monoisotopic (exact) mass is 236 g/mol. The van der Waals surface area contributed by atoms with Crippen molar-refractivity contribution in [1.29, 1.82) is 0 Å². The van der Waals surface area contributed by atoms with Crippen molar-refractivity contribution in [2.75, 3.05) is 0 Å². The van der Waals surface area contributed by atoms with Gasteiger partial charge in [-0.05, 0) is 42.5 Å². The van der Waals surface area contributed by atoms with Crippen LogP contribution in [-0.2, 0) is 0 Å². The van der Waals surface area contributed by atoms with E-state index in [2.05, 4.69) is 25.1 Å². The zero-order valence-corrected chi connectivity index (χ0v) is 10.5. The van der Waals surface area contributed by atoms with Crippen LogP contribution in [0.4, 0.5) is 0 Å². The zero-order valence-electron chi connectivity index (χ0n) is 10.5. The van der Waals surface area contributed by atoms with E-state index in [9.17, 15) is 4.79 Å². The number of ketones is 1. The molecule has 1 aliphatic rings. The van der Waals surface area contributed by atoms with Crippen molar-refractivity contribution in [3.8, 4) is 11.1 Å². The van der Waals surface area contributed by atoms with Crippen molar-refractivity contribution in [1.82, 2.24) is 0 Å². The van der Waals surface area contributed by atoms with Gasteiger partial charge < -0.3 is 0 Å². The minimum absolute atomic E-state index is 0.289. The molecule has 1 fully saturated rings. The van der Waals surface area contributed by atoms with Crippen LogP contribution in [0.25, 0.3) is 11.1 Å². The molecule has 18 heavy (non-hydrogen) atoms. The highest BCUT2D eigenvalue weighted by Crippen LogP contribution is 2.33. The summed E-state index contributed by atoms with van der Waals surface area (Å²) in [6.07, 6.45) is 2.13. The molecule has 0 heterocycles. The van der Waals surface area contributed by atoms with Crippen molar-refractivity contribution in [2.24, 2.45) is 5.92 Å². The molecule has 1 saturated carbocycles. The van der Waals surface area contributed by atoms with Crippen LogP contribution in [-0.4, -0.2) is 5.78 Å². The summed E-state index contributed by atoms with van der Waals surface area (Å²) in [5.41, 5.74) is 4.45. The second kappa shape index (κ2) is 4.41. The van der Waals surface area contributed by atoms with Crippen LogP contribution in [0.5, 0.6) is 0 Å². The SMILES string of the molecule is Cc1ccccc1-c1cccc(C(=O)C2CC2)c1. The third kappa shape index (κ3) is 2.08. The molecule has 0 aromatic heterocycles. The fourth-order valence-electron chi connectivity index (χ4n) is 2.32. The molecule has 90 valence electrons. The third-order valence-electron chi connectivity index (χ3n) is 3.55. The molecule has 0 radical (unpaired) electrons. The summed E-state index contributed by atoms with van der Waals surface area (Å²) in [4.78, 5) is 12.1. The number of hydrogen-bond donors (Lipinski definition) is 0. The van der Waals surface area contributed by atoms with Crippen LogP contribution in [0, 0.1) is 12.8 Å². The van der Waals surface area contributed by atoms with Gasteiger partial charge >= 0.3 is 0 Å². The second-order valence-corrected chi connectivity index (χ2v) is 5.03. The summed E-state index contributed by atoms with van der Waals surface area (Å²) in [5.74, 6) is 0.600. The summed E-state index contributed by atoms with van der Waals surface area (Å²) < 4.78 is 0. The van der Waals surface area contributed by atoms with Gasteiger partial charge in [0, 0.05) is 11.5 Å². The lowest BCUT2D eigenvalue weighted by Crippen LogP contribution is -2.01. The molecule has 0 aliphatic heterocycles. The predicted octanol–water partition coefficient (Wildman–Crippen LogP) is 4.25. The maximum absolute atomic E-state index is 12.1. The topological polar surface area (TPSA) is 17.1 Å². The number of benzene rings is 2. The van der Waals surface area contributed by atoms with Crippen molar-refractivity contribution in [3.63, 3.8) is 0 Å². The largest absolute Gasteiger partial charge is 0.294 e. The molecule has 0 atom stereocenters.